The van der Waals surface area contributed by atoms with Gasteiger partial charge in [0.1, 0.15) is 30.0 Å². The summed E-state index contributed by atoms with van der Waals surface area (Å²) in [5, 5.41) is 26.7. The van der Waals surface area contributed by atoms with Gasteiger partial charge >= 0.3 is 5.97 Å². The predicted molar refractivity (Wildman–Crippen MR) is 305 cm³/mol. The van der Waals surface area contributed by atoms with Gasteiger partial charge in [0, 0.05) is 98.6 Å². The fourth-order valence-electron chi connectivity index (χ4n) is 11.9. The molecule has 0 spiro atoms. The molecule has 18 heteroatoms. The van der Waals surface area contributed by atoms with E-state index < -0.39 is 47.4 Å². The van der Waals surface area contributed by atoms with Gasteiger partial charge in [-0.1, -0.05) is 63.8 Å². The van der Waals surface area contributed by atoms with Crippen LogP contribution in [0.25, 0.3) is 33.3 Å². The topological polar surface area (TPSA) is 223 Å². The summed E-state index contributed by atoms with van der Waals surface area (Å²) in [5.41, 5.74) is 17.3. The number of carbonyl (C=O) groups is 4. The average molecular weight is 1100 g/mol. The Hall–Kier alpha value is -6.85. The van der Waals surface area contributed by atoms with Crippen LogP contribution in [0.4, 0.5) is 5.69 Å². The number of hydrogen-bond donors (Lipinski definition) is 5. The zero-order valence-corrected chi connectivity index (χ0v) is 47.4. The number of likely N-dealkylation sites (N-methyl/N-ethyl adjacent to an activating group) is 1. The maximum Gasteiger partial charge on any atom is 0.324 e. The second-order valence-electron chi connectivity index (χ2n) is 23.0. The van der Waals surface area contributed by atoms with Crippen LogP contribution in [0, 0.1) is 23.2 Å². The van der Waals surface area contributed by atoms with Crippen molar-refractivity contribution in [2.75, 3.05) is 72.5 Å². The SMILES string of the molecule is CCn1c(-c2cc(C#CCN3CCO[C@@H](CO)C3)cnc2[C@H](C)OC)c2c3cc(ccc31)-c1cc(O)cc(c1)C[C@H](NC(=O)[C@H](C(C)C)N(C)C(=O)[C@@H]1OCC[C@@H]1c1ccc(N)cc1)C(=O)N1CCC[C@H](N1)C(=O)OCC(C)(C)C2. The summed E-state index contributed by atoms with van der Waals surface area (Å²) in [5.74, 6) is 4.17. The first-order valence-electron chi connectivity index (χ1n) is 28.1. The van der Waals surface area contributed by atoms with Crippen molar-refractivity contribution in [2.24, 2.45) is 11.3 Å². The molecule has 0 radical (unpaired) electrons. The number of aromatic hydroxyl groups is 1. The fourth-order valence-corrected chi connectivity index (χ4v) is 11.9. The molecule has 3 fully saturated rings. The van der Waals surface area contributed by atoms with Crippen LogP contribution in [0.5, 0.6) is 5.75 Å². The fraction of sp³-hybridized carbons (Fsp3) is 0.500. The van der Waals surface area contributed by atoms with E-state index in [9.17, 15) is 29.4 Å². The number of anilines is 1. The van der Waals surface area contributed by atoms with Crippen molar-refractivity contribution < 1.29 is 48.3 Å². The van der Waals surface area contributed by atoms with Gasteiger partial charge in [0.15, 0.2) is 0 Å². The smallest absolute Gasteiger partial charge is 0.324 e. The Balaban J connectivity index is 1.10. The number of fused-ring (bicyclic) bond motifs is 6. The molecule has 0 saturated carbocycles. The van der Waals surface area contributed by atoms with Crippen LogP contribution in [-0.2, 0) is 57.5 Å². The highest BCUT2D eigenvalue weighted by atomic mass is 16.5. The number of morpholine rings is 1. The number of nitrogens with one attached hydrogen (secondary N) is 2. The van der Waals surface area contributed by atoms with Gasteiger partial charge in [-0.15, -0.1) is 0 Å². The van der Waals surface area contributed by atoms with E-state index in [4.69, 9.17) is 29.7 Å². The number of amides is 3. The molecular weight excluding hydrogens is 1020 g/mol. The van der Waals surface area contributed by atoms with Crippen molar-refractivity contribution in [3.63, 3.8) is 0 Å². The second-order valence-corrected chi connectivity index (χ2v) is 23.0. The summed E-state index contributed by atoms with van der Waals surface area (Å²) in [7, 11) is 3.26. The number of ether oxygens (including phenoxy) is 4. The summed E-state index contributed by atoms with van der Waals surface area (Å²) in [6.07, 6.45) is 2.29. The van der Waals surface area contributed by atoms with Crippen LogP contribution in [0.2, 0.25) is 0 Å². The van der Waals surface area contributed by atoms with Crippen molar-refractivity contribution in [3.05, 3.63) is 101 Å². The number of carbonyl (C=O) groups excluding carboxylic acids is 4. The number of aromatic nitrogens is 2. The first kappa shape index (κ1) is 57.8. The first-order chi connectivity index (χ1) is 38.4. The van der Waals surface area contributed by atoms with Gasteiger partial charge < -0.3 is 49.7 Å². The zero-order chi connectivity index (χ0) is 57.0. The van der Waals surface area contributed by atoms with Crippen LogP contribution in [0.1, 0.15) is 101 Å². The van der Waals surface area contributed by atoms with Gasteiger partial charge in [-0.05, 0) is 116 Å². The summed E-state index contributed by atoms with van der Waals surface area (Å²) in [6, 6.07) is 17.9. The van der Waals surface area contributed by atoms with Gasteiger partial charge in [-0.3, -0.25) is 34.1 Å². The Morgan fingerprint density at radius 2 is 1.80 bits per heavy atom. The molecular formula is C62H78N8O10. The third-order valence-electron chi connectivity index (χ3n) is 16.1. The maximum absolute atomic E-state index is 15.0. The Morgan fingerprint density at radius 1 is 1.01 bits per heavy atom. The van der Waals surface area contributed by atoms with Gasteiger partial charge in [0.25, 0.3) is 11.8 Å². The van der Waals surface area contributed by atoms with E-state index in [0.29, 0.717) is 75.3 Å². The number of phenolic OH excluding ortho intramolecular Hbond substituents is 1. The molecule has 4 aliphatic heterocycles. The third-order valence-corrected chi connectivity index (χ3v) is 16.1. The highest BCUT2D eigenvalue weighted by Gasteiger charge is 2.42. The minimum absolute atomic E-state index is 0.0294. The normalized spacial score (nSPS) is 22.5. The number of hydrogen-bond acceptors (Lipinski definition) is 14. The largest absolute Gasteiger partial charge is 0.508 e. The lowest BCUT2D eigenvalue weighted by molar-refractivity contribution is -0.155. The van der Waals surface area contributed by atoms with E-state index in [-0.39, 0.29) is 61.9 Å². The molecule has 3 saturated heterocycles. The summed E-state index contributed by atoms with van der Waals surface area (Å²) in [6.45, 7) is 15.5. The van der Waals surface area contributed by atoms with Gasteiger partial charge in [-0.25, -0.2) is 5.43 Å². The number of nitrogen functional groups attached to an aromatic ring is 1. The number of nitrogens with zero attached hydrogens (tertiary/aromatic N) is 5. The quantitative estimate of drug-likeness (QED) is 0.0539. The number of aryl methyl sites for hydroxylation is 1. The second kappa shape index (κ2) is 24.9. The van der Waals surface area contributed by atoms with Crippen LogP contribution in [0.15, 0.2) is 72.9 Å². The molecule has 6 N–H and O–H groups in total. The molecule has 2 aromatic heterocycles. The number of phenols is 1. The summed E-state index contributed by atoms with van der Waals surface area (Å²) in [4.78, 5) is 67.0. The van der Waals surface area contributed by atoms with Crippen LogP contribution in [0.3, 0.4) is 0 Å². The Labute approximate surface area is 469 Å². The van der Waals surface area contributed by atoms with Crippen LogP contribution >= 0.6 is 0 Å². The number of aliphatic hydroxyl groups is 1. The van der Waals surface area contributed by atoms with E-state index in [0.717, 1.165) is 56.7 Å². The highest BCUT2D eigenvalue weighted by Crippen LogP contribution is 2.43. The molecule has 80 heavy (non-hydrogen) atoms. The monoisotopic (exact) mass is 1090 g/mol. The van der Waals surface area contributed by atoms with Crippen molar-refractivity contribution in [2.45, 2.75) is 123 Å². The molecule has 0 unspecified atom stereocenters. The molecule has 3 amide bonds. The molecule has 6 heterocycles. The highest BCUT2D eigenvalue weighted by molar-refractivity contribution is 5.96. The molecule has 18 nitrogen and oxygen atoms in total. The van der Waals surface area contributed by atoms with E-state index in [1.54, 1.807) is 44.6 Å². The minimum atomic E-state index is -1.20. The van der Waals surface area contributed by atoms with Crippen LogP contribution in [-0.4, -0.2) is 155 Å². The summed E-state index contributed by atoms with van der Waals surface area (Å²) < 4.78 is 26.2. The first-order valence-corrected chi connectivity index (χ1v) is 28.1. The number of cyclic esters (lactones) is 1. The molecule has 7 atom stereocenters. The summed E-state index contributed by atoms with van der Waals surface area (Å²) >= 11 is 0. The molecule has 6 bridgehead atoms. The van der Waals surface area contributed by atoms with Crippen molar-refractivity contribution in [1.29, 1.82) is 0 Å². The van der Waals surface area contributed by atoms with Crippen molar-refractivity contribution in [1.82, 2.24) is 35.1 Å². The number of nitrogens with two attached hydrogens (primary N) is 1. The molecule has 0 aliphatic carbocycles. The van der Waals surface area contributed by atoms with Gasteiger partial charge in [0.05, 0.1) is 50.0 Å². The Morgan fingerprint density at radius 3 is 2.54 bits per heavy atom. The predicted octanol–water partition coefficient (Wildman–Crippen LogP) is 6.13. The number of aliphatic hydroxyl groups excluding tert-OH is 1. The third kappa shape index (κ3) is 12.7. The standard InChI is InChI=1S/C62H78N8O10/c1-9-69-53-19-16-42-31-48(53)50(56(69)49-28-39(33-64-54(49)38(4)77-8)12-10-21-68-23-25-78-46(34-68)35-71)32-62(5,6)36-80-61(76)51-13-11-22-70(66-51)59(74)52(29-40-26-43(42)30-45(72)27-40)65-58(73)55(37(2)3)67(7)60(75)57-47(20-24-79-57)41-14-17-44(63)18-15-41/h14-19,26-28,30-31,33,37-38,46-47,51-52,55,57,66,71-72H,9,11,13,20-25,29,32,34-36,63H2,1-8H3,(H,65,73)/t38-,46+,47+,51-,52-,55-,57+/m0/s1. The van der Waals surface area contributed by atoms with E-state index in [1.165, 1.54) is 9.91 Å². The van der Waals surface area contributed by atoms with E-state index in [1.807, 2.05) is 45.0 Å². The van der Waals surface area contributed by atoms with E-state index in [2.05, 4.69) is 71.0 Å². The lowest BCUT2D eigenvalue weighted by atomic mass is 9.84. The van der Waals surface area contributed by atoms with Crippen molar-refractivity contribution >= 4 is 40.3 Å². The lowest BCUT2D eigenvalue weighted by Gasteiger charge is -2.37. The van der Waals surface area contributed by atoms with E-state index >= 15 is 0 Å². The number of esters is 1. The van der Waals surface area contributed by atoms with Gasteiger partial charge in [-0.2, -0.15) is 0 Å². The van der Waals surface area contributed by atoms with Crippen LogP contribution < -0.4 is 16.5 Å². The number of hydrazine groups is 1. The minimum Gasteiger partial charge on any atom is -0.508 e. The molecule has 4 aliphatic rings. The average Bonchev–Trinajstić information content (AvgIpc) is 4.07. The maximum atomic E-state index is 15.0. The Bertz CT molecular complexity index is 3150. The Kier molecular flexibility index (Phi) is 18.0. The number of pyridine rings is 1. The molecule has 5 aromatic rings. The van der Waals surface area contributed by atoms with Gasteiger partial charge in [0.2, 0.25) is 5.91 Å². The molecule has 3 aromatic carbocycles. The number of methoxy groups -OCH3 is 1. The number of benzene rings is 3. The molecule has 9 rings (SSSR count). The molecule has 426 valence electrons. The number of rotatable bonds is 12. The van der Waals surface area contributed by atoms with Crippen molar-refractivity contribution in [3.8, 4) is 40.0 Å². The lowest BCUT2D eigenvalue weighted by Crippen LogP contribution is -2.62. The zero-order valence-electron chi connectivity index (χ0n) is 47.4.